The molecule has 0 aromatic rings. The number of rotatable bonds is 2. The Labute approximate surface area is 97.3 Å². The number of sulfone groups is 1. The van der Waals surface area contributed by atoms with Crippen LogP contribution in [0.15, 0.2) is 0 Å². The number of nitrogens with one attached hydrogen (secondary N) is 1. The Morgan fingerprint density at radius 3 is 2.44 bits per heavy atom. The van der Waals surface area contributed by atoms with Gasteiger partial charge >= 0.3 is 0 Å². The Morgan fingerprint density at radius 1 is 1.12 bits per heavy atom. The highest BCUT2D eigenvalue weighted by Gasteiger charge is 2.32. The number of hydrogen-bond donors (Lipinski definition) is 2. The van der Waals surface area contributed by atoms with Crippen molar-refractivity contribution < 1.29 is 13.5 Å². The lowest BCUT2D eigenvalue weighted by molar-refractivity contribution is 0.155. The molecule has 0 bridgehead atoms. The summed E-state index contributed by atoms with van der Waals surface area (Å²) in [5.74, 6) is 1.89. The monoisotopic (exact) mass is 247 g/mol. The molecule has 4 nitrogen and oxygen atoms in total. The third-order valence-electron chi connectivity index (χ3n) is 4.02. The van der Waals surface area contributed by atoms with E-state index in [9.17, 15) is 8.42 Å². The quantitative estimate of drug-likeness (QED) is 0.730. The van der Waals surface area contributed by atoms with Gasteiger partial charge in [-0.25, -0.2) is 8.42 Å². The first kappa shape index (κ1) is 12.3. The van der Waals surface area contributed by atoms with Crippen molar-refractivity contribution in [3.8, 4) is 0 Å². The molecule has 2 atom stereocenters. The van der Waals surface area contributed by atoms with Gasteiger partial charge in [0.1, 0.15) is 9.84 Å². The first-order valence-electron chi connectivity index (χ1n) is 6.15. The zero-order valence-corrected chi connectivity index (χ0v) is 10.4. The molecule has 2 unspecified atom stereocenters. The van der Waals surface area contributed by atoms with E-state index >= 15 is 0 Å². The van der Waals surface area contributed by atoms with Gasteiger partial charge in [0.25, 0.3) is 0 Å². The van der Waals surface area contributed by atoms with Gasteiger partial charge in [-0.1, -0.05) is 0 Å². The second-order valence-corrected chi connectivity index (χ2v) is 7.41. The first-order chi connectivity index (χ1) is 7.61. The average Bonchev–Trinajstić information content (AvgIpc) is 2.29. The smallest absolute Gasteiger partial charge is 0.150 e. The van der Waals surface area contributed by atoms with Crippen LogP contribution in [0.4, 0.5) is 0 Å². The van der Waals surface area contributed by atoms with Crippen LogP contribution in [-0.4, -0.2) is 44.2 Å². The lowest BCUT2D eigenvalue weighted by Gasteiger charge is -2.36. The van der Waals surface area contributed by atoms with Crippen molar-refractivity contribution in [1.82, 2.24) is 5.32 Å². The number of aliphatic hydroxyl groups excluding tert-OH is 1. The summed E-state index contributed by atoms with van der Waals surface area (Å²) < 4.78 is 22.7. The molecule has 0 aliphatic carbocycles. The van der Waals surface area contributed by atoms with Crippen LogP contribution in [0.5, 0.6) is 0 Å². The van der Waals surface area contributed by atoms with Crippen LogP contribution in [0, 0.1) is 11.8 Å². The highest BCUT2D eigenvalue weighted by molar-refractivity contribution is 7.91. The van der Waals surface area contributed by atoms with Gasteiger partial charge in [0, 0.05) is 6.04 Å². The van der Waals surface area contributed by atoms with Gasteiger partial charge in [-0.05, 0) is 44.1 Å². The summed E-state index contributed by atoms with van der Waals surface area (Å²) in [5.41, 5.74) is 0. The summed E-state index contributed by atoms with van der Waals surface area (Å²) in [6, 6.07) is 0.220. The molecule has 0 aromatic carbocycles. The normalized spacial score (nSPS) is 36.1. The van der Waals surface area contributed by atoms with Crippen LogP contribution in [-0.2, 0) is 9.84 Å². The first-order valence-corrected chi connectivity index (χ1v) is 7.97. The van der Waals surface area contributed by atoms with Crippen LogP contribution < -0.4 is 5.32 Å². The van der Waals surface area contributed by atoms with Gasteiger partial charge in [0.15, 0.2) is 0 Å². The maximum Gasteiger partial charge on any atom is 0.150 e. The molecule has 2 fully saturated rings. The number of aliphatic hydroxyl groups is 1. The minimum Gasteiger partial charge on any atom is -0.395 e. The van der Waals surface area contributed by atoms with Gasteiger partial charge in [-0.2, -0.15) is 0 Å². The Kier molecular flexibility index (Phi) is 3.87. The van der Waals surface area contributed by atoms with Gasteiger partial charge in [-0.15, -0.1) is 0 Å². The highest BCUT2D eigenvalue weighted by Crippen LogP contribution is 2.32. The summed E-state index contributed by atoms with van der Waals surface area (Å²) in [6.45, 7) is 1.15. The fraction of sp³-hybridized carbons (Fsp3) is 1.00. The topological polar surface area (TPSA) is 66.4 Å². The minimum absolute atomic E-state index is 0.196. The summed E-state index contributed by atoms with van der Waals surface area (Å²) in [6.07, 6.45) is 3.78. The molecule has 0 saturated carbocycles. The van der Waals surface area contributed by atoms with E-state index in [2.05, 4.69) is 5.32 Å². The molecule has 2 rings (SSSR count). The summed E-state index contributed by atoms with van der Waals surface area (Å²) in [4.78, 5) is 0. The molecule has 0 amide bonds. The van der Waals surface area contributed by atoms with Crippen molar-refractivity contribution in [1.29, 1.82) is 0 Å². The molecule has 0 aromatic heterocycles. The standard InChI is InChI=1S/C11H21NO3S/c13-8-11-7-10(1-4-12-11)9-2-5-16(14,15)6-3-9/h9-13H,1-8H2. The summed E-state index contributed by atoms with van der Waals surface area (Å²) >= 11 is 0. The maximum absolute atomic E-state index is 11.3. The molecule has 94 valence electrons. The third kappa shape index (κ3) is 2.96. The van der Waals surface area contributed by atoms with Crippen LogP contribution in [0.2, 0.25) is 0 Å². The largest absolute Gasteiger partial charge is 0.395 e. The van der Waals surface area contributed by atoms with Crippen molar-refractivity contribution in [2.75, 3.05) is 24.7 Å². The van der Waals surface area contributed by atoms with Crippen molar-refractivity contribution in [2.45, 2.75) is 31.7 Å². The van der Waals surface area contributed by atoms with Gasteiger partial charge in [-0.3, -0.25) is 0 Å². The Balaban J connectivity index is 1.88. The van der Waals surface area contributed by atoms with Crippen LogP contribution >= 0.6 is 0 Å². The van der Waals surface area contributed by atoms with E-state index in [-0.39, 0.29) is 12.6 Å². The Morgan fingerprint density at radius 2 is 1.81 bits per heavy atom. The molecule has 2 aliphatic heterocycles. The summed E-state index contributed by atoms with van der Waals surface area (Å²) in [5, 5.41) is 12.4. The molecular formula is C11H21NO3S. The SMILES string of the molecule is O=S1(=O)CCC(C2CCNC(CO)C2)CC1. The molecule has 2 saturated heterocycles. The number of hydrogen-bond acceptors (Lipinski definition) is 4. The molecular weight excluding hydrogens is 226 g/mol. The van der Waals surface area contributed by atoms with E-state index in [4.69, 9.17) is 5.11 Å². The molecule has 0 radical (unpaired) electrons. The molecule has 2 aliphatic rings. The summed E-state index contributed by atoms with van der Waals surface area (Å²) in [7, 11) is -2.74. The van der Waals surface area contributed by atoms with Gasteiger partial charge in [0.05, 0.1) is 18.1 Å². The van der Waals surface area contributed by atoms with Crippen LogP contribution in [0.1, 0.15) is 25.7 Å². The molecule has 2 N–H and O–H groups in total. The van der Waals surface area contributed by atoms with E-state index in [0.29, 0.717) is 23.3 Å². The zero-order valence-electron chi connectivity index (χ0n) is 9.56. The predicted molar refractivity (Wildman–Crippen MR) is 63.0 cm³/mol. The van der Waals surface area contributed by atoms with Crippen LogP contribution in [0.25, 0.3) is 0 Å². The minimum atomic E-state index is -2.74. The maximum atomic E-state index is 11.3. The Hall–Kier alpha value is -0.130. The van der Waals surface area contributed by atoms with E-state index in [1.54, 1.807) is 0 Å². The predicted octanol–water partition coefficient (Wildman–Crippen LogP) is 0.172. The fourth-order valence-electron chi connectivity index (χ4n) is 2.99. The molecule has 0 spiro atoms. The lowest BCUT2D eigenvalue weighted by atomic mass is 9.79. The Bertz CT molecular complexity index is 314. The van der Waals surface area contributed by atoms with E-state index in [1.165, 1.54) is 0 Å². The van der Waals surface area contributed by atoms with Gasteiger partial charge < -0.3 is 10.4 Å². The third-order valence-corrected chi connectivity index (χ3v) is 5.74. The fourth-order valence-corrected chi connectivity index (χ4v) is 4.51. The van der Waals surface area contributed by atoms with Crippen molar-refractivity contribution in [2.24, 2.45) is 11.8 Å². The second kappa shape index (κ2) is 5.02. The van der Waals surface area contributed by atoms with E-state index in [0.717, 1.165) is 32.2 Å². The van der Waals surface area contributed by atoms with Gasteiger partial charge in [0.2, 0.25) is 0 Å². The van der Waals surface area contributed by atoms with Crippen LogP contribution in [0.3, 0.4) is 0 Å². The number of piperidine rings is 1. The zero-order chi connectivity index (χ0) is 11.6. The highest BCUT2D eigenvalue weighted by atomic mass is 32.2. The average molecular weight is 247 g/mol. The van der Waals surface area contributed by atoms with Crippen molar-refractivity contribution in [3.05, 3.63) is 0 Å². The molecule has 5 heteroatoms. The molecule has 16 heavy (non-hydrogen) atoms. The lowest BCUT2D eigenvalue weighted by Crippen LogP contribution is -2.43. The molecule has 2 heterocycles. The van der Waals surface area contributed by atoms with Crippen molar-refractivity contribution in [3.63, 3.8) is 0 Å². The van der Waals surface area contributed by atoms with E-state index < -0.39 is 9.84 Å². The van der Waals surface area contributed by atoms with E-state index in [1.807, 2.05) is 0 Å². The van der Waals surface area contributed by atoms with Crippen molar-refractivity contribution >= 4 is 9.84 Å². The second-order valence-electron chi connectivity index (χ2n) is 5.11.